The van der Waals surface area contributed by atoms with E-state index < -0.39 is 58.1 Å². The Bertz CT molecular complexity index is 1420. The summed E-state index contributed by atoms with van der Waals surface area (Å²) in [7, 11) is 0. The fourth-order valence-electron chi connectivity index (χ4n) is 5.03. The third-order valence-corrected chi connectivity index (χ3v) is 8.67. The molecule has 3 aliphatic rings. The van der Waals surface area contributed by atoms with Crippen LogP contribution >= 0.6 is 11.8 Å². The Labute approximate surface area is 267 Å². The molecule has 3 heterocycles. The second-order valence-corrected chi connectivity index (χ2v) is 12.0. The number of aliphatic carboxylic acids is 1. The van der Waals surface area contributed by atoms with Crippen LogP contribution in [0.25, 0.3) is 0 Å². The third-order valence-electron chi connectivity index (χ3n) is 7.10. The summed E-state index contributed by atoms with van der Waals surface area (Å²) in [6.45, 7) is 3.53. The number of amides is 6. The van der Waals surface area contributed by atoms with E-state index in [9.17, 15) is 34.2 Å². The molecular formula is C27H27N6NaO7S. The molecule has 42 heavy (non-hydrogen) atoms. The van der Waals surface area contributed by atoms with E-state index >= 15 is 0 Å². The van der Waals surface area contributed by atoms with E-state index in [1.54, 1.807) is 13.8 Å². The fourth-order valence-corrected chi connectivity index (χ4v) is 6.65. The number of rotatable bonds is 7. The van der Waals surface area contributed by atoms with Crippen LogP contribution in [0.5, 0.6) is 5.75 Å². The number of carbonyl (C=O) groups excluding carboxylic acids is 5. The normalized spacial score (nSPS) is 23.2. The molecule has 5 rings (SSSR count). The molecule has 0 radical (unpaired) electrons. The molecule has 2 aromatic rings. The fraction of sp³-hybridized carbons (Fsp3) is 0.333. The maximum Gasteiger partial charge on any atom is 1.00 e. The maximum absolute atomic E-state index is 13.5. The van der Waals surface area contributed by atoms with Crippen molar-refractivity contribution in [2.75, 3.05) is 13.1 Å². The molecule has 0 spiro atoms. The molecule has 0 aromatic heterocycles. The number of imide groups is 1. The van der Waals surface area contributed by atoms with Gasteiger partial charge >= 0.3 is 41.6 Å². The molecule has 3 fully saturated rings. The van der Waals surface area contributed by atoms with Crippen LogP contribution in [0.3, 0.4) is 0 Å². The minimum Gasteiger partial charge on any atom is -0.548 e. The van der Waals surface area contributed by atoms with Gasteiger partial charge in [-0.3, -0.25) is 9.59 Å². The van der Waals surface area contributed by atoms with Gasteiger partial charge in [0, 0.05) is 4.75 Å². The van der Waals surface area contributed by atoms with Crippen molar-refractivity contribution >= 4 is 47.8 Å². The summed E-state index contributed by atoms with van der Waals surface area (Å²) in [4.78, 5) is 66.2. The first-order valence-electron chi connectivity index (χ1n) is 12.8. The average molecular weight is 603 g/mol. The first-order valence-corrected chi connectivity index (χ1v) is 13.6. The van der Waals surface area contributed by atoms with Crippen LogP contribution in [0, 0.1) is 0 Å². The molecule has 0 bridgehead atoms. The minimum atomic E-state index is -1.38. The molecule has 2 aromatic carbocycles. The van der Waals surface area contributed by atoms with Gasteiger partial charge in [0.15, 0.2) is 0 Å². The van der Waals surface area contributed by atoms with Crippen molar-refractivity contribution in [3.63, 3.8) is 0 Å². The Morgan fingerprint density at radius 3 is 2.40 bits per heavy atom. The standard InChI is InChI=1S/C27H28N6O7S.Na/c1-27(2)20(24(37)38)33-22(36)19(23(33)41-27)29-21(35)18(16-8-10-17(34)11-9-16)30-25(39)31-12-13-32(26(31)40)28-14-15-6-4-3-5-7-15;/h3-11,14,18-20,23,34H,12-13H2,1-2H3,(H,29,35)(H,30,39)(H,37,38);/q;+1/p-1/t18?,19-,20+,23-;/m1./s1. The van der Waals surface area contributed by atoms with Crippen LogP contribution in [0.4, 0.5) is 9.59 Å². The molecule has 3 saturated heterocycles. The third kappa shape index (κ3) is 5.98. The van der Waals surface area contributed by atoms with Crippen molar-refractivity contribution in [3.05, 3.63) is 65.7 Å². The van der Waals surface area contributed by atoms with Crippen LogP contribution in [-0.2, 0) is 14.4 Å². The molecule has 13 nitrogen and oxygen atoms in total. The summed E-state index contributed by atoms with van der Waals surface area (Å²) in [6.07, 6.45) is 1.50. The van der Waals surface area contributed by atoms with Gasteiger partial charge in [-0.05, 0) is 37.1 Å². The predicted octanol–water partition coefficient (Wildman–Crippen LogP) is -2.78. The monoisotopic (exact) mass is 602 g/mol. The number of carbonyl (C=O) groups is 5. The van der Waals surface area contributed by atoms with E-state index in [4.69, 9.17) is 0 Å². The number of hydrogen-bond donors (Lipinski definition) is 3. The molecule has 0 aliphatic carbocycles. The predicted molar refractivity (Wildman–Crippen MR) is 145 cm³/mol. The molecule has 0 saturated carbocycles. The molecule has 15 heteroatoms. The van der Waals surface area contributed by atoms with Crippen LogP contribution in [-0.4, -0.2) is 91.3 Å². The zero-order valence-corrected chi connectivity index (χ0v) is 25.9. The van der Waals surface area contributed by atoms with Crippen molar-refractivity contribution in [2.45, 2.75) is 42.1 Å². The number of aromatic hydroxyl groups is 1. The van der Waals surface area contributed by atoms with Crippen LogP contribution in [0.2, 0.25) is 0 Å². The van der Waals surface area contributed by atoms with Gasteiger partial charge in [-0.2, -0.15) is 5.10 Å². The first-order chi connectivity index (χ1) is 19.5. The zero-order valence-electron chi connectivity index (χ0n) is 23.1. The minimum absolute atomic E-state index is 0. The number of urea groups is 2. The van der Waals surface area contributed by atoms with E-state index in [1.165, 1.54) is 47.1 Å². The van der Waals surface area contributed by atoms with Gasteiger partial charge in [-0.1, -0.05) is 42.5 Å². The number of fused-ring (bicyclic) bond motifs is 1. The molecule has 6 amide bonds. The summed E-state index contributed by atoms with van der Waals surface area (Å²) < 4.78 is -0.839. The number of nitrogens with zero attached hydrogens (tertiary/aromatic N) is 4. The Hall–Kier alpha value is -3.59. The number of thioether (sulfide) groups is 1. The molecule has 214 valence electrons. The zero-order chi connectivity index (χ0) is 29.5. The summed E-state index contributed by atoms with van der Waals surface area (Å²) in [6, 6.07) is 9.59. The summed E-state index contributed by atoms with van der Waals surface area (Å²) in [5.41, 5.74) is 1.06. The van der Waals surface area contributed by atoms with Crippen LogP contribution < -0.4 is 45.3 Å². The van der Waals surface area contributed by atoms with E-state index in [0.29, 0.717) is 0 Å². The number of carboxylic acids is 1. The van der Waals surface area contributed by atoms with Crippen molar-refractivity contribution in [2.24, 2.45) is 5.10 Å². The van der Waals surface area contributed by atoms with E-state index in [1.807, 2.05) is 30.3 Å². The van der Waals surface area contributed by atoms with Crippen molar-refractivity contribution in [1.82, 2.24) is 25.4 Å². The Morgan fingerprint density at radius 2 is 1.76 bits per heavy atom. The Balaban J connectivity index is 0.00000405. The van der Waals surface area contributed by atoms with Crippen molar-refractivity contribution in [1.29, 1.82) is 0 Å². The van der Waals surface area contributed by atoms with Gasteiger partial charge in [0.2, 0.25) is 11.8 Å². The summed E-state index contributed by atoms with van der Waals surface area (Å²) in [5, 5.41) is 31.2. The molecule has 4 atom stereocenters. The van der Waals surface area contributed by atoms with Gasteiger partial charge in [0.05, 0.1) is 31.3 Å². The quantitative estimate of drug-likeness (QED) is 0.173. The van der Waals surface area contributed by atoms with E-state index in [0.717, 1.165) is 15.5 Å². The number of phenols is 1. The van der Waals surface area contributed by atoms with Gasteiger partial charge < -0.3 is 30.5 Å². The SMILES string of the molecule is CC1(C)S[C@@H]2[C@H](NC(=O)C(NC(=O)N3CCN(N=Cc4ccccc4)C3=O)c3ccc(O)cc3)C(=O)N2[C@H]1C(=O)[O-].[Na+]. The number of hydrogen-bond acceptors (Lipinski definition) is 9. The number of carboxylic acid groups (broad SMARTS) is 1. The largest absolute Gasteiger partial charge is 1.00 e. The maximum atomic E-state index is 13.5. The van der Waals surface area contributed by atoms with Crippen LogP contribution in [0.15, 0.2) is 59.7 Å². The number of benzene rings is 2. The second kappa shape index (κ2) is 12.3. The van der Waals surface area contributed by atoms with Crippen molar-refractivity contribution in [3.8, 4) is 5.75 Å². The van der Waals surface area contributed by atoms with E-state index in [2.05, 4.69) is 15.7 Å². The second-order valence-electron chi connectivity index (χ2n) is 10.3. The average Bonchev–Trinajstić information content (AvgIpc) is 3.44. The van der Waals surface area contributed by atoms with Crippen LogP contribution in [0.1, 0.15) is 31.0 Å². The van der Waals surface area contributed by atoms with E-state index in [-0.39, 0.29) is 54.0 Å². The molecular weight excluding hydrogens is 575 g/mol. The first kappa shape index (κ1) is 31.3. The molecule has 3 N–H and O–H groups in total. The summed E-state index contributed by atoms with van der Waals surface area (Å²) >= 11 is 1.23. The smallest absolute Gasteiger partial charge is 0.548 e. The number of β-lactam (4-membered cyclic amide) rings is 1. The molecule has 3 aliphatic heterocycles. The summed E-state index contributed by atoms with van der Waals surface area (Å²) in [5.74, 6) is -2.77. The number of hydrazone groups is 1. The van der Waals surface area contributed by atoms with Crippen molar-refractivity contribution < 1.29 is 63.7 Å². The Kier molecular flexibility index (Phi) is 9.21. The molecule has 1 unspecified atom stereocenters. The number of nitrogens with one attached hydrogen (secondary N) is 2. The topological polar surface area (TPSA) is 175 Å². The van der Waals surface area contributed by atoms with Gasteiger partial charge in [0.25, 0.3) is 0 Å². The number of phenolic OH excluding ortho intramolecular Hbond substituents is 1. The van der Waals surface area contributed by atoms with Gasteiger partial charge in [-0.25, -0.2) is 19.5 Å². The van der Waals surface area contributed by atoms with Gasteiger partial charge in [0.1, 0.15) is 23.2 Å². The van der Waals surface area contributed by atoms with Gasteiger partial charge in [-0.15, -0.1) is 11.8 Å². The Morgan fingerprint density at radius 1 is 1.10 bits per heavy atom.